The van der Waals surface area contributed by atoms with Crippen LogP contribution in [0.25, 0.3) is 0 Å². The van der Waals surface area contributed by atoms with Crippen molar-refractivity contribution in [2.45, 2.75) is 13.3 Å². The number of carbonyl (C=O) groups is 1. The Bertz CT molecular complexity index is 726. The number of benzene rings is 2. The quantitative estimate of drug-likeness (QED) is 0.906. The summed E-state index contributed by atoms with van der Waals surface area (Å²) in [6.07, 6.45) is 0.374. The summed E-state index contributed by atoms with van der Waals surface area (Å²) < 4.78 is 13.5. The lowest BCUT2D eigenvalue weighted by molar-refractivity contribution is -0.131. The van der Waals surface area contributed by atoms with Gasteiger partial charge >= 0.3 is 0 Å². The molecule has 5 heteroatoms. The van der Waals surface area contributed by atoms with E-state index in [1.54, 1.807) is 18.2 Å². The van der Waals surface area contributed by atoms with E-state index >= 15 is 0 Å². The number of piperazine rings is 1. The van der Waals surface area contributed by atoms with Gasteiger partial charge in [0.05, 0.1) is 5.69 Å². The number of rotatable bonds is 5. The normalized spacial score (nSPS) is 14.5. The van der Waals surface area contributed by atoms with Crippen LogP contribution in [0.2, 0.25) is 0 Å². The lowest BCUT2D eigenvalue weighted by Crippen LogP contribution is -2.49. The second kappa shape index (κ2) is 8.01. The van der Waals surface area contributed by atoms with Gasteiger partial charge in [-0.15, -0.1) is 0 Å². The molecule has 2 aromatic carbocycles. The third-order valence-corrected chi connectivity index (χ3v) is 4.53. The van der Waals surface area contributed by atoms with Crippen LogP contribution in [-0.2, 0) is 4.79 Å². The second-order valence-electron chi connectivity index (χ2n) is 6.36. The Kier molecular flexibility index (Phi) is 5.53. The van der Waals surface area contributed by atoms with Gasteiger partial charge in [0, 0.05) is 44.8 Å². The standard InChI is InChI=1S/C20H24FN3O/c1-16-5-4-6-17(15-16)23-11-13-24(14-12-23)20(25)9-10-22-19-8-3-2-7-18(19)21/h2-8,15,22H,9-14H2,1H3. The van der Waals surface area contributed by atoms with Crippen molar-refractivity contribution in [1.82, 2.24) is 4.90 Å². The lowest BCUT2D eigenvalue weighted by atomic mass is 10.2. The highest BCUT2D eigenvalue weighted by Crippen LogP contribution is 2.18. The molecule has 1 aliphatic rings. The maximum absolute atomic E-state index is 13.5. The van der Waals surface area contributed by atoms with Crippen LogP contribution in [0.1, 0.15) is 12.0 Å². The molecule has 0 aliphatic carbocycles. The van der Waals surface area contributed by atoms with Gasteiger partial charge in [-0.1, -0.05) is 24.3 Å². The van der Waals surface area contributed by atoms with Gasteiger partial charge in [0.2, 0.25) is 5.91 Å². The molecule has 0 saturated carbocycles. The molecule has 25 heavy (non-hydrogen) atoms. The summed E-state index contributed by atoms with van der Waals surface area (Å²) in [5, 5.41) is 2.99. The van der Waals surface area contributed by atoms with E-state index in [9.17, 15) is 9.18 Å². The Balaban J connectivity index is 1.45. The Hall–Kier alpha value is -2.56. The van der Waals surface area contributed by atoms with Crippen LogP contribution in [0.15, 0.2) is 48.5 Å². The van der Waals surface area contributed by atoms with Crippen LogP contribution >= 0.6 is 0 Å². The highest BCUT2D eigenvalue weighted by molar-refractivity contribution is 5.77. The number of carbonyl (C=O) groups excluding carboxylic acids is 1. The van der Waals surface area contributed by atoms with Gasteiger partial charge in [0.15, 0.2) is 0 Å². The summed E-state index contributed by atoms with van der Waals surface area (Å²) in [7, 11) is 0. The molecule has 3 rings (SSSR count). The number of amides is 1. The average Bonchev–Trinajstić information content (AvgIpc) is 2.63. The molecule has 0 spiro atoms. The second-order valence-corrected chi connectivity index (χ2v) is 6.36. The molecule has 0 aromatic heterocycles. The van der Waals surface area contributed by atoms with Crippen molar-refractivity contribution in [2.24, 2.45) is 0 Å². The van der Waals surface area contributed by atoms with Crippen molar-refractivity contribution in [3.63, 3.8) is 0 Å². The number of halogens is 1. The first-order chi connectivity index (χ1) is 12.1. The third-order valence-electron chi connectivity index (χ3n) is 4.53. The SMILES string of the molecule is Cc1cccc(N2CCN(C(=O)CCNc3ccccc3F)CC2)c1. The van der Waals surface area contributed by atoms with Gasteiger partial charge in [-0.3, -0.25) is 4.79 Å². The third kappa shape index (κ3) is 4.50. The fraction of sp³-hybridized carbons (Fsp3) is 0.350. The summed E-state index contributed by atoms with van der Waals surface area (Å²) in [5.74, 6) is -0.172. The van der Waals surface area contributed by atoms with E-state index in [4.69, 9.17) is 0 Å². The Morgan fingerprint density at radius 2 is 1.84 bits per heavy atom. The molecule has 0 radical (unpaired) electrons. The van der Waals surface area contributed by atoms with Crippen molar-refractivity contribution < 1.29 is 9.18 Å². The van der Waals surface area contributed by atoms with E-state index in [0.29, 0.717) is 18.7 Å². The molecular weight excluding hydrogens is 317 g/mol. The predicted molar refractivity (Wildman–Crippen MR) is 99.5 cm³/mol. The van der Waals surface area contributed by atoms with Gasteiger partial charge in [-0.05, 0) is 36.8 Å². The van der Waals surface area contributed by atoms with E-state index < -0.39 is 0 Å². The van der Waals surface area contributed by atoms with Crippen molar-refractivity contribution in [3.8, 4) is 0 Å². The van der Waals surface area contributed by atoms with E-state index in [1.165, 1.54) is 17.3 Å². The van der Waals surface area contributed by atoms with Crippen molar-refractivity contribution >= 4 is 17.3 Å². The summed E-state index contributed by atoms with van der Waals surface area (Å²) in [5.41, 5.74) is 2.91. The molecule has 4 nitrogen and oxygen atoms in total. The van der Waals surface area contributed by atoms with Crippen LogP contribution in [0.3, 0.4) is 0 Å². The first-order valence-electron chi connectivity index (χ1n) is 8.71. The lowest BCUT2D eigenvalue weighted by Gasteiger charge is -2.36. The topological polar surface area (TPSA) is 35.6 Å². The molecular formula is C20H24FN3O. The van der Waals surface area contributed by atoms with Gasteiger partial charge in [-0.25, -0.2) is 4.39 Å². The number of hydrogen-bond donors (Lipinski definition) is 1. The zero-order valence-electron chi connectivity index (χ0n) is 14.5. The molecule has 0 atom stereocenters. The van der Waals surface area contributed by atoms with Gasteiger partial charge in [-0.2, -0.15) is 0 Å². The molecule has 1 aliphatic heterocycles. The number of nitrogens with one attached hydrogen (secondary N) is 1. The monoisotopic (exact) mass is 341 g/mol. The number of nitrogens with zero attached hydrogens (tertiary/aromatic N) is 2. The molecule has 1 fully saturated rings. The van der Waals surface area contributed by atoms with Crippen LogP contribution in [0.5, 0.6) is 0 Å². The number of para-hydroxylation sites is 1. The first-order valence-corrected chi connectivity index (χ1v) is 8.71. The smallest absolute Gasteiger partial charge is 0.224 e. The van der Waals surface area contributed by atoms with E-state index in [0.717, 1.165) is 26.2 Å². The van der Waals surface area contributed by atoms with E-state index in [1.807, 2.05) is 4.90 Å². The van der Waals surface area contributed by atoms with Gasteiger partial charge in [0.1, 0.15) is 5.82 Å². The average molecular weight is 341 g/mol. The zero-order valence-corrected chi connectivity index (χ0v) is 14.5. The molecule has 1 saturated heterocycles. The first kappa shape index (κ1) is 17.3. The van der Waals surface area contributed by atoms with Crippen LogP contribution in [-0.4, -0.2) is 43.5 Å². The summed E-state index contributed by atoms with van der Waals surface area (Å²) >= 11 is 0. The molecule has 0 unspecified atom stereocenters. The number of hydrogen-bond acceptors (Lipinski definition) is 3. The minimum atomic E-state index is -0.290. The van der Waals surface area contributed by atoms with Crippen LogP contribution in [0, 0.1) is 12.7 Å². The largest absolute Gasteiger partial charge is 0.382 e. The van der Waals surface area contributed by atoms with E-state index in [-0.39, 0.29) is 11.7 Å². The molecule has 132 valence electrons. The molecule has 1 amide bonds. The van der Waals surface area contributed by atoms with E-state index in [2.05, 4.69) is 41.4 Å². The molecule has 1 N–H and O–H groups in total. The summed E-state index contributed by atoms with van der Waals surface area (Å²) in [4.78, 5) is 16.6. The highest BCUT2D eigenvalue weighted by Gasteiger charge is 2.21. The molecule has 1 heterocycles. The van der Waals surface area contributed by atoms with Gasteiger partial charge in [0.25, 0.3) is 0 Å². The summed E-state index contributed by atoms with van der Waals surface area (Å²) in [6, 6.07) is 15.0. The number of anilines is 2. The fourth-order valence-corrected chi connectivity index (χ4v) is 3.11. The molecule has 0 bridgehead atoms. The summed E-state index contributed by atoms with van der Waals surface area (Å²) in [6.45, 7) is 5.68. The molecule has 2 aromatic rings. The van der Waals surface area contributed by atoms with Gasteiger partial charge < -0.3 is 15.1 Å². The Morgan fingerprint density at radius 3 is 2.56 bits per heavy atom. The maximum Gasteiger partial charge on any atom is 0.224 e. The minimum Gasteiger partial charge on any atom is -0.382 e. The van der Waals surface area contributed by atoms with Crippen LogP contribution in [0.4, 0.5) is 15.8 Å². The highest BCUT2D eigenvalue weighted by atomic mass is 19.1. The van der Waals surface area contributed by atoms with Crippen molar-refractivity contribution in [3.05, 3.63) is 59.9 Å². The minimum absolute atomic E-state index is 0.118. The Labute approximate surface area is 148 Å². The fourth-order valence-electron chi connectivity index (χ4n) is 3.11. The predicted octanol–water partition coefficient (Wildman–Crippen LogP) is 3.28. The maximum atomic E-state index is 13.5. The van der Waals surface area contributed by atoms with Crippen molar-refractivity contribution in [2.75, 3.05) is 42.9 Å². The van der Waals surface area contributed by atoms with Crippen LogP contribution < -0.4 is 10.2 Å². The zero-order chi connectivity index (χ0) is 17.6. The Morgan fingerprint density at radius 1 is 1.08 bits per heavy atom. The number of aryl methyl sites for hydroxylation is 1. The van der Waals surface area contributed by atoms with Crippen molar-refractivity contribution in [1.29, 1.82) is 0 Å².